The van der Waals surface area contributed by atoms with Crippen LogP contribution >= 0.6 is 0 Å². The zero-order valence-corrected chi connectivity index (χ0v) is 13.3. The molecule has 0 bridgehead atoms. The first-order chi connectivity index (χ1) is 12.4. The van der Waals surface area contributed by atoms with Gasteiger partial charge in [-0.2, -0.15) is 4.94 Å². The smallest absolute Gasteiger partial charge is 0.330 e. The topological polar surface area (TPSA) is 163 Å². The van der Waals surface area contributed by atoms with Crippen molar-refractivity contribution in [1.29, 1.82) is 0 Å². The van der Waals surface area contributed by atoms with Crippen molar-refractivity contribution in [3.05, 3.63) is 33.1 Å². The van der Waals surface area contributed by atoms with Crippen LogP contribution in [0, 0.1) is 5.92 Å². The lowest BCUT2D eigenvalue weighted by molar-refractivity contribution is -0.222. The van der Waals surface area contributed by atoms with Crippen LogP contribution in [0.3, 0.4) is 0 Å². The van der Waals surface area contributed by atoms with Gasteiger partial charge in [0.05, 0.1) is 25.2 Å². The standard InChI is InChI=1S/C14H19FN2O9/c15-26-12-10(22)6(4-19)24-11(12)8-9(21)5(3-18)25-13(8)17-2-1-7(20)16-14(17)23/h1-2,5-6,8-13,18-19,21-22H,3-4H2,(H,16,20,23)/t5-,6-,8?,9-,10-,11?,12+,13-/m1/s1. The van der Waals surface area contributed by atoms with Crippen molar-refractivity contribution >= 4 is 0 Å². The number of aromatic nitrogens is 2. The Kier molecular flexibility index (Phi) is 5.53. The van der Waals surface area contributed by atoms with Gasteiger partial charge in [0.2, 0.25) is 0 Å². The van der Waals surface area contributed by atoms with E-state index in [1.807, 2.05) is 4.98 Å². The third-order valence-electron chi connectivity index (χ3n) is 4.76. The fourth-order valence-electron chi connectivity index (χ4n) is 3.48. The monoisotopic (exact) mass is 378 g/mol. The number of ether oxygens (including phenoxy) is 2. The molecule has 0 aromatic carbocycles. The molecule has 0 amide bonds. The Hall–Kier alpha value is -1.67. The van der Waals surface area contributed by atoms with Crippen LogP contribution in [0.5, 0.6) is 0 Å². The summed E-state index contributed by atoms with van der Waals surface area (Å²) in [6, 6.07) is 1.05. The maximum Gasteiger partial charge on any atom is 0.330 e. The quantitative estimate of drug-likeness (QED) is 0.355. The van der Waals surface area contributed by atoms with Crippen LogP contribution in [0.15, 0.2) is 21.9 Å². The van der Waals surface area contributed by atoms with Gasteiger partial charge in [-0.3, -0.25) is 14.3 Å². The molecule has 12 heteroatoms. The molecule has 2 fully saturated rings. The average Bonchev–Trinajstić information content (AvgIpc) is 3.10. The van der Waals surface area contributed by atoms with Gasteiger partial charge in [-0.1, -0.05) is 0 Å². The Balaban J connectivity index is 2.00. The van der Waals surface area contributed by atoms with E-state index in [4.69, 9.17) is 9.47 Å². The Morgan fingerprint density at radius 2 is 1.81 bits per heavy atom. The lowest BCUT2D eigenvalue weighted by Crippen LogP contribution is -2.45. The molecule has 8 atom stereocenters. The summed E-state index contributed by atoms with van der Waals surface area (Å²) in [7, 11) is 0. The van der Waals surface area contributed by atoms with Crippen molar-refractivity contribution in [2.24, 2.45) is 5.92 Å². The predicted octanol–water partition coefficient (Wildman–Crippen LogP) is -3.21. The lowest BCUT2D eigenvalue weighted by Gasteiger charge is -2.29. The highest BCUT2D eigenvalue weighted by Crippen LogP contribution is 2.42. The van der Waals surface area contributed by atoms with Crippen LogP contribution < -0.4 is 11.2 Å². The molecule has 3 heterocycles. The number of aromatic amines is 1. The summed E-state index contributed by atoms with van der Waals surface area (Å²) in [5, 5.41) is 39.1. The minimum absolute atomic E-state index is 0.605. The molecule has 11 nitrogen and oxygen atoms in total. The second-order valence-corrected chi connectivity index (χ2v) is 6.20. The molecule has 2 saturated heterocycles. The maximum atomic E-state index is 13.0. The Morgan fingerprint density at radius 1 is 1.15 bits per heavy atom. The van der Waals surface area contributed by atoms with E-state index in [2.05, 4.69) is 4.94 Å². The number of nitrogens with zero attached hydrogens (tertiary/aromatic N) is 1. The lowest BCUT2D eigenvalue weighted by atomic mass is 9.89. The van der Waals surface area contributed by atoms with Gasteiger partial charge in [-0.25, -0.2) is 4.79 Å². The molecule has 1 aromatic rings. The zero-order valence-electron chi connectivity index (χ0n) is 13.3. The number of hydrogen-bond donors (Lipinski definition) is 5. The van der Waals surface area contributed by atoms with Gasteiger partial charge in [-0.15, -0.1) is 0 Å². The van der Waals surface area contributed by atoms with E-state index >= 15 is 0 Å². The van der Waals surface area contributed by atoms with Gasteiger partial charge in [0.25, 0.3) is 5.56 Å². The fourth-order valence-corrected chi connectivity index (χ4v) is 3.48. The van der Waals surface area contributed by atoms with Crippen molar-refractivity contribution in [2.45, 2.75) is 42.9 Å². The van der Waals surface area contributed by atoms with Crippen LogP contribution in [0.4, 0.5) is 4.53 Å². The van der Waals surface area contributed by atoms with Crippen LogP contribution in [0.1, 0.15) is 6.23 Å². The van der Waals surface area contributed by atoms with Crippen molar-refractivity contribution < 1.29 is 39.4 Å². The SMILES string of the molecule is O=c1ccn([C@@H]2O[C@H](CO)[C@@H](O)C2C2O[C@H](CO)[C@@H](O)[C@@H]2OF)c(=O)[nH]1. The highest BCUT2D eigenvalue weighted by molar-refractivity contribution is 5.03. The highest BCUT2D eigenvalue weighted by atomic mass is 19.3. The maximum absolute atomic E-state index is 13.0. The molecule has 26 heavy (non-hydrogen) atoms. The molecule has 2 aliphatic rings. The van der Waals surface area contributed by atoms with Gasteiger partial charge in [-0.05, 0) is 4.53 Å². The summed E-state index contributed by atoms with van der Waals surface area (Å²) in [6.07, 6.45) is -8.23. The summed E-state index contributed by atoms with van der Waals surface area (Å²) < 4.78 is 24.9. The molecule has 3 rings (SSSR count). The largest absolute Gasteiger partial charge is 0.394 e. The average molecular weight is 378 g/mol. The molecule has 2 unspecified atom stereocenters. The first-order valence-electron chi connectivity index (χ1n) is 7.90. The Morgan fingerprint density at radius 3 is 2.38 bits per heavy atom. The van der Waals surface area contributed by atoms with E-state index in [1.165, 1.54) is 0 Å². The second-order valence-electron chi connectivity index (χ2n) is 6.20. The molecule has 1 aromatic heterocycles. The van der Waals surface area contributed by atoms with Crippen molar-refractivity contribution in [3.8, 4) is 0 Å². The normalized spacial score (nSPS) is 40.2. The highest BCUT2D eigenvalue weighted by Gasteiger charge is 2.57. The third-order valence-corrected chi connectivity index (χ3v) is 4.76. The molecule has 0 aliphatic carbocycles. The van der Waals surface area contributed by atoms with E-state index < -0.39 is 73.2 Å². The number of halogens is 1. The first-order valence-corrected chi connectivity index (χ1v) is 7.90. The fraction of sp³-hybridized carbons (Fsp3) is 0.714. The summed E-state index contributed by atoms with van der Waals surface area (Å²) in [5.74, 6) is -1.15. The van der Waals surface area contributed by atoms with E-state index in [0.29, 0.717) is 0 Å². The number of aliphatic hydroxyl groups excluding tert-OH is 4. The molecule has 0 radical (unpaired) electrons. The zero-order chi connectivity index (χ0) is 19.0. The van der Waals surface area contributed by atoms with Crippen LogP contribution in [-0.2, 0) is 14.4 Å². The van der Waals surface area contributed by atoms with Gasteiger partial charge in [0.1, 0.15) is 30.6 Å². The number of aliphatic hydroxyl groups is 4. The molecular weight excluding hydrogens is 359 g/mol. The van der Waals surface area contributed by atoms with Gasteiger partial charge < -0.3 is 29.9 Å². The van der Waals surface area contributed by atoms with E-state index in [-0.39, 0.29) is 0 Å². The first kappa shape index (κ1) is 19.1. The third kappa shape index (κ3) is 3.09. The Labute approximate surface area is 145 Å². The van der Waals surface area contributed by atoms with E-state index in [9.17, 15) is 34.5 Å². The predicted molar refractivity (Wildman–Crippen MR) is 79.5 cm³/mol. The van der Waals surface area contributed by atoms with Crippen molar-refractivity contribution in [2.75, 3.05) is 13.2 Å². The van der Waals surface area contributed by atoms with Crippen LogP contribution in [-0.4, -0.2) is 79.8 Å². The minimum atomic E-state index is -1.56. The van der Waals surface area contributed by atoms with Gasteiger partial charge >= 0.3 is 5.69 Å². The second kappa shape index (κ2) is 7.52. The molecule has 0 saturated carbocycles. The number of H-pyrrole nitrogens is 1. The van der Waals surface area contributed by atoms with E-state index in [1.54, 1.807) is 0 Å². The molecule has 146 valence electrons. The van der Waals surface area contributed by atoms with E-state index in [0.717, 1.165) is 16.8 Å². The number of nitrogens with one attached hydrogen (secondary N) is 1. The molecular formula is C14H19FN2O9. The molecule has 0 spiro atoms. The summed E-state index contributed by atoms with van der Waals surface area (Å²) in [4.78, 5) is 29.1. The summed E-state index contributed by atoms with van der Waals surface area (Å²) in [6.45, 7) is -1.24. The number of rotatable bonds is 5. The van der Waals surface area contributed by atoms with Gasteiger partial charge in [0.15, 0.2) is 6.10 Å². The summed E-state index contributed by atoms with van der Waals surface area (Å²) in [5.41, 5.74) is -1.51. The van der Waals surface area contributed by atoms with Crippen molar-refractivity contribution in [3.63, 3.8) is 0 Å². The number of hydrogen-bond acceptors (Lipinski definition) is 9. The van der Waals surface area contributed by atoms with Crippen LogP contribution in [0.25, 0.3) is 0 Å². The molecule has 5 N–H and O–H groups in total. The van der Waals surface area contributed by atoms with Crippen LogP contribution in [0.2, 0.25) is 0 Å². The van der Waals surface area contributed by atoms with Crippen molar-refractivity contribution in [1.82, 2.24) is 9.55 Å². The van der Waals surface area contributed by atoms with Gasteiger partial charge in [0, 0.05) is 12.3 Å². The Bertz CT molecular complexity index is 740. The summed E-state index contributed by atoms with van der Waals surface area (Å²) >= 11 is 0. The molecule has 2 aliphatic heterocycles. The minimum Gasteiger partial charge on any atom is -0.394 e.